The van der Waals surface area contributed by atoms with Gasteiger partial charge in [-0.3, -0.25) is 9.69 Å². The molecule has 0 aromatic heterocycles. The van der Waals surface area contributed by atoms with Gasteiger partial charge in [-0.1, -0.05) is 11.6 Å². The highest BCUT2D eigenvalue weighted by Crippen LogP contribution is 2.31. The standard InChI is InChI=1S/C14H18ClNO3/c1-19-13-5-4-12(15)6-11(13)8-16(9-14(17)18)7-10-2-3-10/h4-6,10H,2-3,7-9H2,1H3,(H,17,18). The van der Waals surface area contributed by atoms with Crippen molar-refractivity contribution in [2.24, 2.45) is 5.92 Å². The van der Waals surface area contributed by atoms with Gasteiger partial charge < -0.3 is 9.84 Å². The summed E-state index contributed by atoms with van der Waals surface area (Å²) in [6.07, 6.45) is 2.39. The molecule has 0 spiro atoms. The number of aliphatic carboxylic acids is 1. The summed E-state index contributed by atoms with van der Waals surface area (Å²) in [7, 11) is 1.61. The first kappa shape index (κ1) is 14.2. The minimum absolute atomic E-state index is 0.0478. The largest absolute Gasteiger partial charge is 0.496 e. The molecule has 1 aromatic carbocycles. The number of rotatable bonds is 7. The van der Waals surface area contributed by atoms with Crippen LogP contribution in [0.15, 0.2) is 18.2 Å². The molecule has 0 saturated heterocycles. The highest BCUT2D eigenvalue weighted by Gasteiger charge is 2.25. The fraction of sp³-hybridized carbons (Fsp3) is 0.500. The quantitative estimate of drug-likeness (QED) is 0.836. The predicted molar refractivity (Wildman–Crippen MR) is 73.6 cm³/mol. The Morgan fingerprint density at radius 2 is 2.26 bits per heavy atom. The number of carboxylic acid groups (broad SMARTS) is 1. The van der Waals surface area contributed by atoms with Gasteiger partial charge in [0.25, 0.3) is 0 Å². The molecule has 1 N–H and O–H groups in total. The lowest BCUT2D eigenvalue weighted by atomic mass is 10.1. The van der Waals surface area contributed by atoms with E-state index < -0.39 is 5.97 Å². The van der Waals surface area contributed by atoms with Crippen molar-refractivity contribution >= 4 is 17.6 Å². The SMILES string of the molecule is COc1ccc(Cl)cc1CN(CC(=O)O)CC1CC1. The van der Waals surface area contributed by atoms with E-state index in [0.717, 1.165) is 17.9 Å². The summed E-state index contributed by atoms with van der Waals surface area (Å²) >= 11 is 5.99. The van der Waals surface area contributed by atoms with Crippen molar-refractivity contribution in [1.82, 2.24) is 4.90 Å². The molecular weight excluding hydrogens is 266 g/mol. The second-order valence-corrected chi connectivity index (χ2v) is 5.40. The molecular formula is C14H18ClNO3. The first-order valence-corrected chi connectivity index (χ1v) is 6.73. The maximum absolute atomic E-state index is 10.9. The third-order valence-corrected chi connectivity index (χ3v) is 3.44. The van der Waals surface area contributed by atoms with Gasteiger partial charge in [-0.05, 0) is 37.0 Å². The van der Waals surface area contributed by atoms with E-state index in [1.54, 1.807) is 13.2 Å². The van der Waals surface area contributed by atoms with E-state index in [2.05, 4.69) is 0 Å². The molecule has 1 fully saturated rings. The van der Waals surface area contributed by atoms with Crippen LogP contribution in [-0.4, -0.2) is 36.2 Å². The van der Waals surface area contributed by atoms with Crippen molar-refractivity contribution in [3.8, 4) is 5.75 Å². The van der Waals surface area contributed by atoms with E-state index in [1.165, 1.54) is 12.8 Å². The highest BCUT2D eigenvalue weighted by molar-refractivity contribution is 6.30. The molecule has 1 aromatic rings. The summed E-state index contributed by atoms with van der Waals surface area (Å²) in [5.41, 5.74) is 0.928. The topological polar surface area (TPSA) is 49.8 Å². The molecule has 0 atom stereocenters. The smallest absolute Gasteiger partial charge is 0.317 e. The number of hydrogen-bond acceptors (Lipinski definition) is 3. The zero-order valence-electron chi connectivity index (χ0n) is 10.9. The summed E-state index contributed by atoms with van der Waals surface area (Å²) in [4.78, 5) is 12.9. The minimum atomic E-state index is -0.804. The van der Waals surface area contributed by atoms with Gasteiger partial charge >= 0.3 is 5.97 Å². The number of carbonyl (C=O) groups is 1. The number of benzene rings is 1. The van der Waals surface area contributed by atoms with Gasteiger partial charge in [0.15, 0.2) is 0 Å². The van der Waals surface area contributed by atoms with Crippen molar-refractivity contribution in [3.63, 3.8) is 0 Å². The molecule has 4 nitrogen and oxygen atoms in total. The van der Waals surface area contributed by atoms with Crippen molar-refractivity contribution in [3.05, 3.63) is 28.8 Å². The van der Waals surface area contributed by atoms with Gasteiger partial charge in [0.2, 0.25) is 0 Å². The van der Waals surface area contributed by atoms with Gasteiger partial charge in [-0.15, -0.1) is 0 Å². The molecule has 19 heavy (non-hydrogen) atoms. The van der Waals surface area contributed by atoms with E-state index in [1.807, 2.05) is 17.0 Å². The molecule has 0 radical (unpaired) electrons. The molecule has 5 heteroatoms. The van der Waals surface area contributed by atoms with E-state index in [4.69, 9.17) is 21.4 Å². The van der Waals surface area contributed by atoms with Crippen molar-refractivity contribution in [1.29, 1.82) is 0 Å². The van der Waals surface area contributed by atoms with Crippen LogP contribution in [0.4, 0.5) is 0 Å². The monoisotopic (exact) mass is 283 g/mol. The lowest BCUT2D eigenvalue weighted by Crippen LogP contribution is -2.31. The van der Waals surface area contributed by atoms with Crippen LogP contribution in [0, 0.1) is 5.92 Å². The Kier molecular flexibility index (Phi) is 4.66. The molecule has 1 aliphatic rings. The molecule has 0 unspecified atom stereocenters. The summed E-state index contributed by atoms with van der Waals surface area (Å²) in [5.74, 6) is 0.585. The normalized spacial score (nSPS) is 14.7. The molecule has 0 aliphatic heterocycles. The second kappa shape index (κ2) is 6.26. The molecule has 0 amide bonds. The summed E-state index contributed by atoms with van der Waals surface area (Å²) in [6.45, 7) is 1.42. The van der Waals surface area contributed by atoms with E-state index >= 15 is 0 Å². The molecule has 0 heterocycles. The average Bonchev–Trinajstić information content (AvgIpc) is 3.12. The Bertz CT molecular complexity index is 460. The predicted octanol–water partition coefficient (Wildman–Crippen LogP) is 2.65. The van der Waals surface area contributed by atoms with Gasteiger partial charge in [0, 0.05) is 23.7 Å². The van der Waals surface area contributed by atoms with Crippen LogP contribution in [0.2, 0.25) is 5.02 Å². The second-order valence-electron chi connectivity index (χ2n) is 4.96. The van der Waals surface area contributed by atoms with Gasteiger partial charge in [-0.2, -0.15) is 0 Å². The third-order valence-electron chi connectivity index (χ3n) is 3.21. The maximum Gasteiger partial charge on any atom is 0.317 e. The summed E-state index contributed by atoms with van der Waals surface area (Å²) < 4.78 is 5.29. The van der Waals surface area contributed by atoms with Crippen molar-refractivity contribution < 1.29 is 14.6 Å². The highest BCUT2D eigenvalue weighted by atomic mass is 35.5. The molecule has 1 saturated carbocycles. The Balaban J connectivity index is 2.09. The van der Waals surface area contributed by atoms with Crippen LogP contribution >= 0.6 is 11.6 Å². The lowest BCUT2D eigenvalue weighted by molar-refractivity contribution is -0.138. The number of methoxy groups -OCH3 is 1. The summed E-state index contributed by atoms with van der Waals surface area (Å²) in [6, 6.07) is 5.42. The number of hydrogen-bond donors (Lipinski definition) is 1. The molecule has 2 rings (SSSR count). The van der Waals surface area contributed by atoms with E-state index in [-0.39, 0.29) is 6.54 Å². The maximum atomic E-state index is 10.9. The first-order chi connectivity index (χ1) is 9.08. The average molecular weight is 284 g/mol. The zero-order valence-corrected chi connectivity index (χ0v) is 11.7. The molecule has 0 bridgehead atoms. The van der Waals surface area contributed by atoms with Crippen LogP contribution in [-0.2, 0) is 11.3 Å². The van der Waals surface area contributed by atoms with Crippen LogP contribution in [0.1, 0.15) is 18.4 Å². The molecule has 104 valence electrons. The van der Waals surface area contributed by atoms with Crippen LogP contribution in [0.5, 0.6) is 5.75 Å². The number of carboxylic acids is 1. The van der Waals surface area contributed by atoms with Crippen LogP contribution in [0.3, 0.4) is 0 Å². The Morgan fingerprint density at radius 1 is 1.53 bits per heavy atom. The van der Waals surface area contributed by atoms with Gasteiger partial charge in [0.1, 0.15) is 5.75 Å². The Hall–Kier alpha value is -1.26. The first-order valence-electron chi connectivity index (χ1n) is 6.35. The summed E-state index contributed by atoms with van der Waals surface area (Å²) in [5, 5.41) is 9.61. The zero-order chi connectivity index (χ0) is 13.8. The Morgan fingerprint density at radius 3 is 2.84 bits per heavy atom. The van der Waals surface area contributed by atoms with Gasteiger partial charge in [0.05, 0.1) is 13.7 Å². The van der Waals surface area contributed by atoms with Crippen molar-refractivity contribution in [2.45, 2.75) is 19.4 Å². The van der Waals surface area contributed by atoms with E-state index in [9.17, 15) is 4.79 Å². The number of nitrogens with zero attached hydrogens (tertiary/aromatic N) is 1. The lowest BCUT2D eigenvalue weighted by Gasteiger charge is -2.21. The van der Waals surface area contributed by atoms with Gasteiger partial charge in [-0.25, -0.2) is 0 Å². The van der Waals surface area contributed by atoms with E-state index in [0.29, 0.717) is 17.5 Å². The van der Waals surface area contributed by atoms with Crippen LogP contribution in [0.25, 0.3) is 0 Å². The Labute approximate surface area is 117 Å². The third kappa shape index (κ3) is 4.40. The minimum Gasteiger partial charge on any atom is -0.496 e. The molecule has 1 aliphatic carbocycles. The number of ether oxygens (including phenoxy) is 1. The number of halogens is 1. The fourth-order valence-corrected chi connectivity index (χ4v) is 2.35. The van der Waals surface area contributed by atoms with Crippen molar-refractivity contribution in [2.75, 3.05) is 20.2 Å². The van der Waals surface area contributed by atoms with Crippen LogP contribution < -0.4 is 4.74 Å². The fourth-order valence-electron chi connectivity index (χ4n) is 2.15.